The summed E-state index contributed by atoms with van der Waals surface area (Å²) >= 11 is 1.41. The minimum Gasteiger partial charge on any atom is -0.477 e. The first-order valence-electron chi connectivity index (χ1n) is 8.44. The molecule has 0 saturated carbocycles. The van der Waals surface area contributed by atoms with Gasteiger partial charge in [0, 0.05) is 38.0 Å². The van der Waals surface area contributed by atoms with Gasteiger partial charge in [-0.2, -0.15) is 0 Å². The quantitative estimate of drug-likeness (QED) is 0.754. The predicted octanol–water partition coefficient (Wildman–Crippen LogP) is 1.97. The van der Waals surface area contributed by atoms with Crippen molar-refractivity contribution in [3.8, 4) is 0 Å². The van der Waals surface area contributed by atoms with E-state index in [9.17, 15) is 9.90 Å². The van der Waals surface area contributed by atoms with E-state index in [1.165, 1.54) is 16.2 Å². The third kappa shape index (κ3) is 3.81. The maximum Gasteiger partial charge on any atom is 0.345 e. The minimum atomic E-state index is -0.838. The van der Waals surface area contributed by atoms with E-state index in [-0.39, 0.29) is 5.60 Å². The van der Waals surface area contributed by atoms with E-state index in [1.807, 2.05) is 6.07 Å². The molecule has 1 N–H and O–H groups in total. The average Bonchev–Trinajstić information content (AvgIpc) is 3.03. The maximum atomic E-state index is 11.3. The van der Waals surface area contributed by atoms with E-state index in [0.29, 0.717) is 31.3 Å². The molecule has 134 valence electrons. The Balaban J connectivity index is 1.57. The van der Waals surface area contributed by atoms with E-state index in [1.54, 1.807) is 7.11 Å². The number of piperidine rings is 1. The van der Waals surface area contributed by atoms with Gasteiger partial charge in [-0.25, -0.2) is 4.79 Å². The van der Waals surface area contributed by atoms with Gasteiger partial charge in [0.1, 0.15) is 4.88 Å². The van der Waals surface area contributed by atoms with Crippen molar-refractivity contribution < 1.29 is 24.1 Å². The van der Waals surface area contributed by atoms with Crippen molar-refractivity contribution in [1.29, 1.82) is 0 Å². The Morgan fingerprint density at radius 1 is 1.38 bits per heavy atom. The van der Waals surface area contributed by atoms with Gasteiger partial charge < -0.3 is 24.2 Å². The molecule has 1 aromatic rings. The first-order chi connectivity index (χ1) is 11.6. The molecule has 0 radical (unpaired) electrons. The number of rotatable bonds is 7. The van der Waals surface area contributed by atoms with Crippen molar-refractivity contribution in [3.05, 3.63) is 21.4 Å². The number of ether oxygens (including phenoxy) is 3. The molecule has 3 heterocycles. The van der Waals surface area contributed by atoms with Crippen molar-refractivity contribution in [2.24, 2.45) is 0 Å². The summed E-state index contributed by atoms with van der Waals surface area (Å²) in [5, 5.41) is 9.26. The summed E-state index contributed by atoms with van der Waals surface area (Å²) in [5.74, 6) is -0.838. The Bertz CT molecular complexity index is 565. The van der Waals surface area contributed by atoms with Crippen LogP contribution < -0.4 is 0 Å². The first kappa shape index (κ1) is 17.8. The van der Waals surface area contributed by atoms with Crippen LogP contribution in [0.3, 0.4) is 0 Å². The van der Waals surface area contributed by atoms with Gasteiger partial charge >= 0.3 is 5.97 Å². The molecule has 0 aliphatic carbocycles. The molecule has 1 aromatic heterocycles. The van der Waals surface area contributed by atoms with Gasteiger partial charge in [-0.3, -0.25) is 0 Å². The summed E-state index contributed by atoms with van der Waals surface area (Å²) in [4.78, 5) is 15.3. The number of thiophene rings is 1. The van der Waals surface area contributed by atoms with Crippen LogP contribution in [0.1, 0.15) is 33.0 Å². The third-order valence-corrected chi connectivity index (χ3v) is 6.05. The van der Waals surface area contributed by atoms with Crippen LogP contribution in [0.25, 0.3) is 0 Å². The van der Waals surface area contributed by atoms with Crippen molar-refractivity contribution in [1.82, 2.24) is 4.90 Å². The van der Waals surface area contributed by atoms with Crippen molar-refractivity contribution in [2.45, 2.75) is 24.9 Å². The minimum absolute atomic E-state index is 0.287. The molecule has 0 amide bonds. The van der Waals surface area contributed by atoms with Gasteiger partial charge in [0.05, 0.1) is 32.0 Å². The maximum absolute atomic E-state index is 11.3. The van der Waals surface area contributed by atoms with Crippen LogP contribution in [0.2, 0.25) is 0 Å². The van der Waals surface area contributed by atoms with Crippen LogP contribution in [-0.2, 0) is 26.2 Å². The highest BCUT2D eigenvalue weighted by molar-refractivity contribution is 7.14. The van der Waals surface area contributed by atoms with Gasteiger partial charge in [0.2, 0.25) is 0 Å². The highest BCUT2D eigenvalue weighted by Gasteiger charge is 2.42. The van der Waals surface area contributed by atoms with Crippen LogP contribution in [0.15, 0.2) is 6.07 Å². The molecular weight excluding hydrogens is 330 g/mol. The molecule has 1 spiro atoms. The molecular formula is C17H25NO5S. The fourth-order valence-corrected chi connectivity index (χ4v) is 4.58. The average molecular weight is 355 g/mol. The summed E-state index contributed by atoms with van der Waals surface area (Å²) in [6.45, 7) is 5.47. The van der Waals surface area contributed by atoms with Crippen molar-refractivity contribution in [2.75, 3.05) is 53.2 Å². The Morgan fingerprint density at radius 2 is 2.17 bits per heavy atom. The first-order valence-corrected chi connectivity index (χ1v) is 9.26. The summed E-state index contributed by atoms with van der Waals surface area (Å²) in [6, 6.07) is 1.84. The SMILES string of the molecule is COCCOCCN1CCC2(CC1)OCCc1sc(C(=O)O)cc12. The standard InChI is InChI=1S/C17H25NO5S/c1-21-10-11-22-9-7-18-5-3-17(4-6-18)13-12-15(16(19)20)24-14(13)2-8-23-17/h12H,2-11H2,1H3,(H,19,20). The predicted molar refractivity (Wildman–Crippen MR) is 91.0 cm³/mol. The van der Waals surface area contributed by atoms with Crippen LogP contribution in [-0.4, -0.2) is 69.1 Å². The number of carbonyl (C=O) groups is 1. The molecule has 6 nitrogen and oxygen atoms in total. The van der Waals surface area contributed by atoms with Gasteiger partial charge in [0.25, 0.3) is 0 Å². The zero-order chi connectivity index (χ0) is 17.0. The summed E-state index contributed by atoms with van der Waals surface area (Å²) in [5.41, 5.74) is 0.831. The molecule has 0 bridgehead atoms. The second kappa shape index (κ2) is 7.93. The summed E-state index contributed by atoms with van der Waals surface area (Å²) in [7, 11) is 1.67. The lowest BCUT2D eigenvalue weighted by Gasteiger charge is -2.44. The number of carboxylic acid groups (broad SMARTS) is 1. The molecule has 0 atom stereocenters. The molecule has 1 fully saturated rings. The van der Waals surface area contributed by atoms with Gasteiger partial charge in [-0.1, -0.05) is 0 Å². The number of hydrogen-bond acceptors (Lipinski definition) is 6. The molecule has 2 aliphatic rings. The zero-order valence-corrected chi connectivity index (χ0v) is 14.9. The Morgan fingerprint density at radius 3 is 2.88 bits per heavy atom. The normalized spacial score (nSPS) is 20.2. The monoisotopic (exact) mass is 355 g/mol. The third-order valence-electron chi connectivity index (χ3n) is 4.87. The smallest absolute Gasteiger partial charge is 0.345 e. The largest absolute Gasteiger partial charge is 0.477 e. The highest BCUT2D eigenvalue weighted by Crippen LogP contribution is 2.44. The summed E-state index contributed by atoms with van der Waals surface area (Å²) in [6.07, 6.45) is 2.65. The highest BCUT2D eigenvalue weighted by atomic mass is 32.1. The Labute approximate surface area is 146 Å². The van der Waals surface area contributed by atoms with E-state index in [0.717, 1.165) is 44.5 Å². The second-order valence-corrected chi connectivity index (χ2v) is 7.43. The van der Waals surface area contributed by atoms with Crippen molar-refractivity contribution >= 4 is 17.3 Å². The van der Waals surface area contributed by atoms with E-state index in [2.05, 4.69) is 4.90 Å². The van der Waals surface area contributed by atoms with Crippen LogP contribution >= 0.6 is 11.3 Å². The summed E-state index contributed by atoms with van der Waals surface area (Å²) < 4.78 is 16.7. The van der Waals surface area contributed by atoms with Crippen LogP contribution in [0.4, 0.5) is 0 Å². The van der Waals surface area contributed by atoms with Gasteiger partial charge in [-0.15, -0.1) is 11.3 Å². The number of methoxy groups -OCH3 is 1. The van der Waals surface area contributed by atoms with Crippen LogP contribution in [0, 0.1) is 0 Å². The molecule has 1 saturated heterocycles. The Hall–Kier alpha value is -0.990. The van der Waals surface area contributed by atoms with E-state index < -0.39 is 5.97 Å². The Kier molecular flexibility index (Phi) is 5.89. The second-order valence-electron chi connectivity index (χ2n) is 6.29. The van der Waals surface area contributed by atoms with Gasteiger partial charge in [0.15, 0.2) is 0 Å². The van der Waals surface area contributed by atoms with E-state index in [4.69, 9.17) is 14.2 Å². The fourth-order valence-electron chi connectivity index (χ4n) is 3.51. The number of fused-ring (bicyclic) bond motifs is 2. The topological polar surface area (TPSA) is 68.2 Å². The molecule has 24 heavy (non-hydrogen) atoms. The molecule has 7 heteroatoms. The number of nitrogens with zero attached hydrogens (tertiary/aromatic N) is 1. The number of aromatic carboxylic acids is 1. The molecule has 0 aromatic carbocycles. The van der Waals surface area contributed by atoms with Crippen LogP contribution in [0.5, 0.6) is 0 Å². The lowest BCUT2D eigenvalue weighted by molar-refractivity contribution is -0.0989. The van der Waals surface area contributed by atoms with E-state index >= 15 is 0 Å². The lowest BCUT2D eigenvalue weighted by Crippen LogP contribution is -2.47. The van der Waals surface area contributed by atoms with Gasteiger partial charge in [-0.05, 0) is 24.5 Å². The molecule has 0 unspecified atom stereocenters. The fraction of sp³-hybridized carbons (Fsp3) is 0.706. The zero-order valence-electron chi connectivity index (χ0n) is 14.1. The molecule has 3 rings (SSSR count). The number of hydrogen-bond donors (Lipinski definition) is 1. The van der Waals surface area contributed by atoms with Crippen molar-refractivity contribution in [3.63, 3.8) is 0 Å². The lowest BCUT2D eigenvalue weighted by atomic mass is 9.82. The number of carboxylic acids is 1. The number of likely N-dealkylation sites (tertiary alicyclic amines) is 1. The molecule has 2 aliphatic heterocycles.